The molecule has 0 aromatic rings. The number of unbranched alkanes of at least 4 members (excludes halogenated alkanes) is 1. The van der Waals surface area contributed by atoms with E-state index in [1.54, 1.807) is 14.1 Å². The molecule has 0 heterocycles. The highest BCUT2D eigenvalue weighted by molar-refractivity contribution is 7.89. The van der Waals surface area contributed by atoms with E-state index in [0.717, 1.165) is 13.0 Å². The first-order chi connectivity index (χ1) is 6.83. The first-order valence-corrected chi connectivity index (χ1v) is 6.89. The van der Waals surface area contributed by atoms with Crippen LogP contribution in [0.15, 0.2) is 0 Å². The molecular formula is C9H23N3O2S. The van der Waals surface area contributed by atoms with Crippen LogP contribution in [0.2, 0.25) is 0 Å². The molecule has 0 rings (SSSR count). The molecule has 0 aliphatic rings. The van der Waals surface area contributed by atoms with Gasteiger partial charge in [-0.3, -0.25) is 0 Å². The van der Waals surface area contributed by atoms with E-state index < -0.39 is 10.0 Å². The van der Waals surface area contributed by atoms with Crippen molar-refractivity contribution in [2.75, 3.05) is 26.4 Å². The minimum atomic E-state index is -3.13. The van der Waals surface area contributed by atoms with Gasteiger partial charge in [0.2, 0.25) is 10.0 Å². The fourth-order valence-electron chi connectivity index (χ4n) is 1.13. The Morgan fingerprint density at radius 2 is 1.80 bits per heavy atom. The number of hydrogen-bond acceptors (Lipinski definition) is 4. The van der Waals surface area contributed by atoms with Gasteiger partial charge in [-0.15, -0.1) is 4.83 Å². The average Bonchev–Trinajstić information content (AvgIpc) is 1.99. The number of rotatable bonds is 8. The van der Waals surface area contributed by atoms with Crippen LogP contribution < -0.4 is 10.1 Å². The van der Waals surface area contributed by atoms with Gasteiger partial charge in [-0.25, -0.2) is 13.4 Å². The zero-order chi connectivity index (χ0) is 11.9. The lowest BCUT2D eigenvalue weighted by Gasteiger charge is -2.12. The van der Waals surface area contributed by atoms with Gasteiger partial charge in [-0.05, 0) is 19.4 Å². The van der Waals surface area contributed by atoms with Crippen LogP contribution in [0.5, 0.6) is 0 Å². The van der Waals surface area contributed by atoms with Gasteiger partial charge in [-0.2, -0.15) is 0 Å². The molecule has 92 valence electrons. The minimum Gasteiger partial charge on any atom is -0.315 e. The molecule has 0 spiro atoms. The van der Waals surface area contributed by atoms with Crippen LogP contribution in [0.1, 0.15) is 26.7 Å². The highest BCUT2D eigenvalue weighted by atomic mass is 32.2. The molecule has 0 saturated heterocycles. The second-order valence-corrected chi connectivity index (χ2v) is 5.94. The molecule has 0 aliphatic heterocycles. The molecule has 0 saturated carbocycles. The van der Waals surface area contributed by atoms with Crippen molar-refractivity contribution in [1.29, 1.82) is 0 Å². The topological polar surface area (TPSA) is 61.4 Å². The molecule has 0 aromatic heterocycles. The molecule has 0 aliphatic carbocycles. The zero-order valence-electron chi connectivity index (χ0n) is 10.1. The van der Waals surface area contributed by atoms with Crippen molar-refractivity contribution in [2.45, 2.75) is 32.7 Å². The predicted octanol–water partition coefficient (Wildman–Crippen LogP) is 0.161. The third kappa shape index (κ3) is 10.1. The van der Waals surface area contributed by atoms with Gasteiger partial charge in [0.05, 0.1) is 5.75 Å². The summed E-state index contributed by atoms with van der Waals surface area (Å²) in [6.07, 6.45) is 1.56. The third-order valence-corrected chi connectivity index (χ3v) is 3.18. The van der Waals surface area contributed by atoms with Crippen LogP contribution in [-0.2, 0) is 10.0 Å². The van der Waals surface area contributed by atoms with Crippen molar-refractivity contribution in [3.8, 4) is 0 Å². The highest BCUT2D eigenvalue weighted by Crippen LogP contribution is 1.94. The van der Waals surface area contributed by atoms with E-state index in [1.165, 1.54) is 5.01 Å². The molecule has 0 bridgehead atoms. The third-order valence-electron chi connectivity index (χ3n) is 1.71. The van der Waals surface area contributed by atoms with Gasteiger partial charge in [0.1, 0.15) is 0 Å². The monoisotopic (exact) mass is 237 g/mol. The Morgan fingerprint density at radius 1 is 1.20 bits per heavy atom. The molecule has 0 amide bonds. The number of nitrogens with one attached hydrogen (secondary N) is 2. The summed E-state index contributed by atoms with van der Waals surface area (Å²) in [5, 5.41) is 4.69. The summed E-state index contributed by atoms with van der Waals surface area (Å²) >= 11 is 0. The Balaban J connectivity index is 3.58. The Hall–Kier alpha value is -0.170. The van der Waals surface area contributed by atoms with Gasteiger partial charge in [0, 0.05) is 20.1 Å². The van der Waals surface area contributed by atoms with Crippen LogP contribution in [0.25, 0.3) is 0 Å². The van der Waals surface area contributed by atoms with Crippen LogP contribution in [0.4, 0.5) is 0 Å². The van der Waals surface area contributed by atoms with E-state index in [9.17, 15) is 8.42 Å². The fourth-order valence-corrected chi connectivity index (χ4v) is 2.36. The standard InChI is InChI=1S/C9H23N3O2S/c1-9(2)10-7-5-6-8-15(13,14)11-12(3)4/h9-11H,5-8H2,1-4H3. The summed E-state index contributed by atoms with van der Waals surface area (Å²) in [4.78, 5) is 2.40. The predicted molar refractivity (Wildman–Crippen MR) is 63.0 cm³/mol. The molecule has 0 aromatic carbocycles. The van der Waals surface area contributed by atoms with Gasteiger partial charge in [-0.1, -0.05) is 13.8 Å². The van der Waals surface area contributed by atoms with E-state index in [4.69, 9.17) is 0 Å². The number of hydrogen-bond donors (Lipinski definition) is 2. The van der Waals surface area contributed by atoms with Crippen molar-refractivity contribution in [2.24, 2.45) is 0 Å². The van der Waals surface area contributed by atoms with Gasteiger partial charge in [0.15, 0.2) is 0 Å². The van der Waals surface area contributed by atoms with Gasteiger partial charge < -0.3 is 5.32 Å². The molecule has 2 N–H and O–H groups in total. The van der Waals surface area contributed by atoms with E-state index in [1.807, 2.05) is 0 Å². The second kappa shape index (κ2) is 7.16. The van der Waals surface area contributed by atoms with Crippen LogP contribution in [0.3, 0.4) is 0 Å². The summed E-state index contributed by atoms with van der Waals surface area (Å²) in [7, 11) is 0.196. The Bertz CT molecular complexity index is 250. The zero-order valence-corrected chi connectivity index (χ0v) is 10.9. The molecular weight excluding hydrogens is 214 g/mol. The largest absolute Gasteiger partial charge is 0.315 e. The summed E-state index contributed by atoms with van der Waals surface area (Å²) in [5.41, 5.74) is 0. The van der Waals surface area contributed by atoms with E-state index >= 15 is 0 Å². The highest BCUT2D eigenvalue weighted by Gasteiger charge is 2.09. The maximum Gasteiger partial charge on any atom is 0.224 e. The summed E-state index contributed by atoms with van der Waals surface area (Å²) in [6, 6.07) is 0.460. The molecule has 6 heteroatoms. The maximum atomic E-state index is 11.4. The van der Waals surface area contributed by atoms with Crippen molar-refractivity contribution in [3.63, 3.8) is 0 Å². The molecule has 0 unspecified atom stereocenters. The molecule has 0 fully saturated rings. The molecule has 0 radical (unpaired) electrons. The Morgan fingerprint density at radius 3 is 2.27 bits per heavy atom. The van der Waals surface area contributed by atoms with E-state index in [0.29, 0.717) is 12.5 Å². The lowest BCUT2D eigenvalue weighted by Crippen LogP contribution is -2.37. The van der Waals surface area contributed by atoms with Crippen molar-refractivity contribution in [3.05, 3.63) is 0 Å². The smallest absolute Gasteiger partial charge is 0.224 e. The molecule has 0 atom stereocenters. The first-order valence-electron chi connectivity index (χ1n) is 5.24. The maximum absolute atomic E-state index is 11.4. The van der Waals surface area contributed by atoms with E-state index in [2.05, 4.69) is 24.0 Å². The normalized spacial score (nSPS) is 12.7. The number of hydrazine groups is 1. The molecule has 5 nitrogen and oxygen atoms in total. The second-order valence-electron chi connectivity index (χ2n) is 4.12. The van der Waals surface area contributed by atoms with Crippen molar-refractivity contribution < 1.29 is 8.42 Å². The van der Waals surface area contributed by atoms with Crippen LogP contribution in [0, 0.1) is 0 Å². The summed E-state index contributed by atoms with van der Waals surface area (Å²) < 4.78 is 22.7. The molecule has 15 heavy (non-hydrogen) atoms. The number of sulfonamides is 1. The fraction of sp³-hybridized carbons (Fsp3) is 1.00. The quantitative estimate of drug-likeness (QED) is 0.466. The summed E-state index contributed by atoms with van der Waals surface area (Å²) in [5.74, 6) is 0.185. The van der Waals surface area contributed by atoms with Gasteiger partial charge in [0.25, 0.3) is 0 Å². The van der Waals surface area contributed by atoms with E-state index in [-0.39, 0.29) is 5.75 Å². The SMILES string of the molecule is CC(C)NCCCCS(=O)(=O)NN(C)C. The minimum absolute atomic E-state index is 0.185. The average molecular weight is 237 g/mol. The lowest BCUT2D eigenvalue weighted by molar-refractivity contribution is 0.363. The summed E-state index contributed by atoms with van der Waals surface area (Å²) in [6.45, 7) is 5.02. The van der Waals surface area contributed by atoms with Crippen molar-refractivity contribution in [1.82, 2.24) is 15.2 Å². The van der Waals surface area contributed by atoms with Crippen molar-refractivity contribution >= 4 is 10.0 Å². The Labute approximate surface area is 93.2 Å². The van der Waals surface area contributed by atoms with Crippen LogP contribution in [-0.4, -0.2) is 45.9 Å². The Kier molecular flexibility index (Phi) is 7.08. The van der Waals surface area contributed by atoms with Crippen LogP contribution >= 0.6 is 0 Å². The van der Waals surface area contributed by atoms with Gasteiger partial charge >= 0.3 is 0 Å². The lowest BCUT2D eigenvalue weighted by atomic mass is 10.3. The first kappa shape index (κ1) is 14.8. The number of nitrogens with zero attached hydrogens (tertiary/aromatic N) is 1.